The average molecular weight is 443 g/mol. The van der Waals surface area contributed by atoms with Gasteiger partial charge in [-0.3, -0.25) is 0 Å². The third-order valence-corrected chi connectivity index (χ3v) is 6.45. The Balaban J connectivity index is 1.50. The highest BCUT2D eigenvalue weighted by Crippen LogP contribution is 2.39. The zero-order chi connectivity index (χ0) is 21.1. The molecule has 0 aliphatic heterocycles. The first-order valence-corrected chi connectivity index (χ1v) is 10.9. The van der Waals surface area contributed by atoms with Gasteiger partial charge in [0.25, 0.3) is 0 Å². The smallest absolute Gasteiger partial charge is 0.191 e. The van der Waals surface area contributed by atoms with Gasteiger partial charge in [-0.15, -0.1) is 21.5 Å². The van der Waals surface area contributed by atoms with E-state index in [9.17, 15) is 4.39 Å². The van der Waals surface area contributed by atoms with Crippen LogP contribution in [0.3, 0.4) is 0 Å². The van der Waals surface area contributed by atoms with Gasteiger partial charge >= 0.3 is 0 Å². The molecule has 2 heterocycles. The lowest BCUT2D eigenvalue weighted by atomic mass is 10.2. The first-order chi connectivity index (χ1) is 14.6. The third kappa shape index (κ3) is 4.03. The van der Waals surface area contributed by atoms with Crippen molar-refractivity contribution in [3.63, 3.8) is 0 Å². The minimum Gasteiger partial charge on any atom is -0.493 e. The topological polar surface area (TPSA) is 62.1 Å². The van der Waals surface area contributed by atoms with E-state index in [-0.39, 0.29) is 5.82 Å². The van der Waals surface area contributed by atoms with Gasteiger partial charge in [-0.2, -0.15) is 0 Å². The van der Waals surface area contributed by atoms with E-state index in [1.807, 2.05) is 35.2 Å². The maximum atomic E-state index is 13.2. The normalized spacial score (nSPS) is 10.9. The Labute approximate surface area is 181 Å². The van der Waals surface area contributed by atoms with Gasteiger partial charge in [0.05, 0.1) is 25.5 Å². The zero-order valence-corrected chi connectivity index (χ0v) is 18.3. The van der Waals surface area contributed by atoms with Crippen molar-refractivity contribution in [3.05, 3.63) is 59.4 Å². The van der Waals surface area contributed by atoms with Crippen LogP contribution in [0.25, 0.3) is 22.0 Å². The fourth-order valence-electron chi connectivity index (χ4n) is 2.98. The average Bonchev–Trinajstić information content (AvgIpc) is 3.39. The molecule has 154 valence electrons. The standard InChI is InChI=1S/C21H19FN4O2S2/c1-26-19(13-7-9-14(22)10-8-13)24-25-21(26)30-12-15-11-29-20(23-15)16-5-4-6-17(27-2)18(16)28-3/h4-11H,12H2,1-3H3. The van der Waals surface area contributed by atoms with Gasteiger partial charge in [0.2, 0.25) is 0 Å². The van der Waals surface area contributed by atoms with Gasteiger partial charge in [-0.25, -0.2) is 9.37 Å². The second-order valence-electron chi connectivity index (χ2n) is 6.35. The van der Waals surface area contributed by atoms with Crippen molar-refractivity contribution in [3.8, 4) is 33.5 Å². The van der Waals surface area contributed by atoms with Crippen molar-refractivity contribution >= 4 is 23.1 Å². The molecular weight excluding hydrogens is 423 g/mol. The molecule has 0 amide bonds. The first-order valence-electron chi connectivity index (χ1n) is 9.04. The van der Waals surface area contributed by atoms with Gasteiger partial charge in [0.15, 0.2) is 22.5 Å². The Morgan fingerprint density at radius 3 is 2.60 bits per heavy atom. The second-order valence-corrected chi connectivity index (χ2v) is 8.15. The van der Waals surface area contributed by atoms with Crippen LogP contribution in [0.15, 0.2) is 53.0 Å². The summed E-state index contributed by atoms with van der Waals surface area (Å²) in [5.74, 6) is 2.41. The summed E-state index contributed by atoms with van der Waals surface area (Å²) in [5, 5.41) is 12.2. The fraction of sp³-hybridized carbons (Fsp3) is 0.190. The molecule has 2 aromatic carbocycles. The SMILES string of the molecule is COc1cccc(-c2nc(CSc3nnc(-c4ccc(F)cc4)n3C)cs2)c1OC. The van der Waals surface area contributed by atoms with Crippen LogP contribution in [0.2, 0.25) is 0 Å². The number of nitrogens with zero attached hydrogens (tertiary/aromatic N) is 4. The van der Waals surface area contributed by atoms with Crippen LogP contribution in [0.5, 0.6) is 11.5 Å². The van der Waals surface area contributed by atoms with Crippen molar-refractivity contribution in [2.24, 2.45) is 7.05 Å². The second kappa shape index (κ2) is 8.85. The van der Waals surface area contributed by atoms with E-state index < -0.39 is 0 Å². The van der Waals surface area contributed by atoms with E-state index in [0.29, 0.717) is 23.1 Å². The summed E-state index contributed by atoms with van der Waals surface area (Å²) in [4.78, 5) is 4.75. The number of benzene rings is 2. The van der Waals surface area contributed by atoms with Crippen molar-refractivity contribution in [2.45, 2.75) is 10.9 Å². The number of methoxy groups -OCH3 is 2. The van der Waals surface area contributed by atoms with Crippen LogP contribution < -0.4 is 9.47 Å². The van der Waals surface area contributed by atoms with Crippen molar-refractivity contribution in [1.82, 2.24) is 19.7 Å². The summed E-state index contributed by atoms with van der Waals surface area (Å²) in [7, 11) is 5.14. The molecule has 0 aliphatic carbocycles. The van der Waals surface area contributed by atoms with Gasteiger partial charge in [0.1, 0.15) is 10.8 Å². The van der Waals surface area contributed by atoms with Crippen molar-refractivity contribution in [1.29, 1.82) is 0 Å². The summed E-state index contributed by atoms with van der Waals surface area (Å²) in [5.41, 5.74) is 2.66. The number of thiazole rings is 1. The molecule has 0 atom stereocenters. The lowest BCUT2D eigenvalue weighted by Gasteiger charge is -2.10. The highest BCUT2D eigenvalue weighted by molar-refractivity contribution is 7.98. The van der Waals surface area contributed by atoms with Crippen molar-refractivity contribution in [2.75, 3.05) is 14.2 Å². The lowest BCUT2D eigenvalue weighted by Crippen LogP contribution is -1.95. The summed E-state index contributed by atoms with van der Waals surface area (Å²) in [6.07, 6.45) is 0. The van der Waals surface area contributed by atoms with Crippen LogP contribution in [0.4, 0.5) is 4.39 Å². The molecule has 0 N–H and O–H groups in total. The van der Waals surface area contributed by atoms with Gasteiger partial charge in [0, 0.05) is 23.7 Å². The Morgan fingerprint density at radius 1 is 1.07 bits per heavy atom. The predicted molar refractivity (Wildman–Crippen MR) is 117 cm³/mol. The number of aromatic nitrogens is 4. The molecule has 9 heteroatoms. The molecular formula is C21H19FN4O2S2. The number of rotatable bonds is 7. The monoisotopic (exact) mass is 442 g/mol. The minimum absolute atomic E-state index is 0.275. The summed E-state index contributed by atoms with van der Waals surface area (Å²) in [6.45, 7) is 0. The minimum atomic E-state index is -0.275. The van der Waals surface area contributed by atoms with Gasteiger partial charge in [-0.05, 0) is 36.4 Å². The Kier molecular flexibility index (Phi) is 6.01. The summed E-state index contributed by atoms with van der Waals surface area (Å²) >= 11 is 3.10. The van der Waals surface area contributed by atoms with E-state index in [1.165, 1.54) is 12.1 Å². The molecule has 30 heavy (non-hydrogen) atoms. The van der Waals surface area contributed by atoms with Crippen LogP contribution >= 0.6 is 23.1 Å². The maximum Gasteiger partial charge on any atom is 0.191 e. The fourth-order valence-corrected chi connectivity index (χ4v) is 4.73. The van der Waals surface area contributed by atoms with Gasteiger partial charge < -0.3 is 14.0 Å². The quantitative estimate of drug-likeness (QED) is 0.373. The number of thioether (sulfide) groups is 1. The van der Waals surface area contributed by atoms with Crippen LogP contribution in [-0.2, 0) is 12.8 Å². The van der Waals surface area contributed by atoms with E-state index >= 15 is 0 Å². The lowest BCUT2D eigenvalue weighted by molar-refractivity contribution is 0.356. The number of hydrogen-bond donors (Lipinski definition) is 0. The van der Waals surface area contributed by atoms with Crippen LogP contribution in [0.1, 0.15) is 5.69 Å². The van der Waals surface area contributed by atoms with E-state index in [4.69, 9.17) is 14.5 Å². The Bertz CT molecular complexity index is 1160. The van der Waals surface area contributed by atoms with Crippen LogP contribution in [-0.4, -0.2) is 34.0 Å². The molecule has 0 unspecified atom stereocenters. The van der Waals surface area contributed by atoms with Gasteiger partial charge in [-0.1, -0.05) is 17.8 Å². The molecule has 4 rings (SSSR count). The summed E-state index contributed by atoms with van der Waals surface area (Å²) in [6, 6.07) is 12.0. The molecule has 0 saturated heterocycles. The maximum absolute atomic E-state index is 13.2. The molecule has 0 saturated carbocycles. The molecule has 4 aromatic rings. The van der Waals surface area contributed by atoms with Crippen molar-refractivity contribution < 1.29 is 13.9 Å². The number of para-hydroxylation sites is 1. The largest absolute Gasteiger partial charge is 0.493 e. The number of halogens is 1. The van der Waals surface area contributed by atoms with Crippen LogP contribution in [0, 0.1) is 5.82 Å². The highest BCUT2D eigenvalue weighted by Gasteiger charge is 2.16. The number of ether oxygens (including phenoxy) is 2. The highest BCUT2D eigenvalue weighted by atomic mass is 32.2. The zero-order valence-electron chi connectivity index (χ0n) is 16.6. The summed E-state index contributed by atoms with van der Waals surface area (Å²) < 4.78 is 26.0. The molecule has 0 fully saturated rings. The predicted octanol–water partition coefficient (Wildman–Crippen LogP) is 5.05. The number of hydrogen-bond acceptors (Lipinski definition) is 7. The molecule has 0 bridgehead atoms. The molecule has 0 spiro atoms. The molecule has 0 aliphatic rings. The van der Waals surface area contributed by atoms with E-state index in [0.717, 1.165) is 27.0 Å². The molecule has 6 nitrogen and oxygen atoms in total. The Morgan fingerprint density at radius 2 is 1.87 bits per heavy atom. The molecule has 0 radical (unpaired) electrons. The van der Waals surface area contributed by atoms with E-state index in [2.05, 4.69) is 10.2 Å². The Hall–Kier alpha value is -2.91. The molecule has 2 aromatic heterocycles. The van der Waals surface area contributed by atoms with E-state index in [1.54, 1.807) is 49.5 Å². The third-order valence-electron chi connectivity index (χ3n) is 4.47. The first kappa shape index (κ1) is 20.4.